The molecular weight excluding hydrogens is 280 g/mol. The maximum atomic E-state index is 13.5. The molecule has 0 spiro atoms. The van der Waals surface area contributed by atoms with E-state index in [1.807, 2.05) is 13.8 Å². The second-order valence-electron chi connectivity index (χ2n) is 5.30. The number of nitrogens with one attached hydrogen (secondary N) is 1. The average Bonchev–Trinajstić information content (AvgIpc) is 2.44. The number of benzene rings is 1. The SMILES string of the molecule is COC(=O)C(CC(C)C)NCC(O)c1cc(F)ccc1F. The van der Waals surface area contributed by atoms with Crippen molar-refractivity contribution in [3.05, 3.63) is 35.4 Å². The zero-order valence-corrected chi connectivity index (χ0v) is 12.4. The molecule has 0 aliphatic heterocycles. The summed E-state index contributed by atoms with van der Waals surface area (Å²) in [6.07, 6.45) is -0.731. The highest BCUT2D eigenvalue weighted by molar-refractivity contribution is 5.75. The number of rotatable bonds is 7. The highest BCUT2D eigenvalue weighted by Gasteiger charge is 2.22. The van der Waals surface area contributed by atoms with Crippen LogP contribution < -0.4 is 5.32 Å². The summed E-state index contributed by atoms with van der Waals surface area (Å²) in [5.41, 5.74) is -0.143. The Balaban J connectivity index is 2.70. The molecular formula is C15H21F2NO3. The summed E-state index contributed by atoms with van der Waals surface area (Å²) in [6, 6.07) is 2.28. The normalized spacial score (nSPS) is 14.0. The van der Waals surface area contributed by atoms with E-state index in [1.54, 1.807) is 0 Å². The van der Waals surface area contributed by atoms with Gasteiger partial charge in [-0.25, -0.2) is 8.78 Å². The van der Waals surface area contributed by atoms with E-state index in [1.165, 1.54) is 7.11 Å². The van der Waals surface area contributed by atoms with Crippen LogP contribution >= 0.6 is 0 Å². The lowest BCUT2D eigenvalue weighted by Crippen LogP contribution is -2.40. The van der Waals surface area contributed by atoms with Gasteiger partial charge in [-0.2, -0.15) is 0 Å². The van der Waals surface area contributed by atoms with Crippen LogP contribution in [0, 0.1) is 17.6 Å². The van der Waals surface area contributed by atoms with Gasteiger partial charge in [0.1, 0.15) is 17.7 Å². The van der Waals surface area contributed by atoms with Gasteiger partial charge < -0.3 is 15.2 Å². The van der Waals surface area contributed by atoms with Crippen LogP contribution in [0.25, 0.3) is 0 Å². The van der Waals surface area contributed by atoms with Crippen LogP contribution in [-0.2, 0) is 9.53 Å². The van der Waals surface area contributed by atoms with Gasteiger partial charge in [-0.15, -0.1) is 0 Å². The smallest absolute Gasteiger partial charge is 0.322 e. The third-order valence-corrected chi connectivity index (χ3v) is 3.07. The number of ether oxygens (including phenoxy) is 1. The fourth-order valence-corrected chi connectivity index (χ4v) is 2.01. The molecule has 0 amide bonds. The highest BCUT2D eigenvalue weighted by atomic mass is 19.1. The van der Waals surface area contributed by atoms with Crippen LogP contribution in [0.15, 0.2) is 18.2 Å². The molecule has 0 fully saturated rings. The van der Waals surface area contributed by atoms with Gasteiger partial charge in [0, 0.05) is 12.1 Å². The summed E-state index contributed by atoms with van der Waals surface area (Å²) in [5, 5.41) is 12.8. The first-order valence-corrected chi connectivity index (χ1v) is 6.79. The van der Waals surface area contributed by atoms with Crippen molar-refractivity contribution in [1.29, 1.82) is 0 Å². The molecule has 2 unspecified atom stereocenters. The van der Waals surface area contributed by atoms with Crippen molar-refractivity contribution in [3.8, 4) is 0 Å². The van der Waals surface area contributed by atoms with Gasteiger partial charge in [-0.3, -0.25) is 4.79 Å². The predicted octanol–water partition coefficient (Wildman–Crippen LogP) is 2.18. The number of halogens is 2. The van der Waals surface area contributed by atoms with E-state index in [9.17, 15) is 18.7 Å². The topological polar surface area (TPSA) is 58.6 Å². The van der Waals surface area contributed by atoms with E-state index in [0.29, 0.717) is 6.42 Å². The molecule has 0 aliphatic rings. The zero-order valence-electron chi connectivity index (χ0n) is 12.4. The monoisotopic (exact) mass is 301 g/mol. The highest BCUT2D eigenvalue weighted by Crippen LogP contribution is 2.18. The molecule has 0 bridgehead atoms. The minimum atomic E-state index is -1.25. The number of hydrogen-bond donors (Lipinski definition) is 2. The molecule has 6 heteroatoms. The molecule has 2 N–H and O–H groups in total. The molecule has 118 valence electrons. The molecule has 0 radical (unpaired) electrons. The Morgan fingerprint density at radius 1 is 1.38 bits per heavy atom. The van der Waals surface area contributed by atoms with E-state index in [0.717, 1.165) is 18.2 Å². The minimum Gasteiger partial charge on any atom is -0.468 e. The van der Waals surface area contributed by atoms with Crippen molar-refractivity contribution in [2.24, 2.45) is 5.92 Å². The number of methoxy groups -OCH3 is 1. The lowest BCUT2D eigenvalue weighted by atomic mass is 10.0. The number of aliphatic hydroxyl groups excluding tert-OH is 1. The van der Waals surface area contributed by atoms with Gasteiger partial charge in [-0.05, 0) is 30.5 Å². The largest absolute Gasteiger partial charge is 0.468 e. The second kappa shape index (κ2) is 8.05. The van der Waals surface area contributed by atoms with Gasteiger partial charge in [0.2, 0.25) is 0 Å². The Morgan fingerprint density at radius 2 is 2.05 bits per heavy atom. The van der Waals surface area contributed by atoms with Crippen molar-refractivity contribution in [2.75, 3.05) is 13.7 Å². The van der Waals surface area contributed by atoms with Crippen LogP contribution in [0.4, 0.5) is 8.78 Å². The van der Waals surface area contributed by atoms with E-state index < -0.39 is 29.7 Å². The fourth-order valence-electron chi connectivity index (χ4n) is 2.01. The Labute approximate surface area is 123 Å². The second-order valence-corrected chi connectivity index (χ2v) is 5.30. The lowest BCUT2D eigenvalue weighted by molar-refractivity contribution is -0.143. The van der Waals surface area contributed by atoms with Crippen molar-refractivity contribution < 1.29 is 23.4 Å². The Kier molecular flexibility index (Phi) is 6.71. The predicted molar refractivity (Wildman–Crippen MR) is 74.6 cm³/mol. The number of carbonyl (C=O) groups excluding carboxylic acids is 1. The first kappa shape index (κ1) is 17.5. The number of hydrogen-bond acceptors (Lipinski definition) is 4. The molecule has 0 aliphatic carbocycles. The number of aliphatic hydroxyl groups is 1. The summed E-state index contributed by atoms with van der Waals surface area (Å²) in [5.74, 6) is -1.53. The van der Waals surface area contributed by atoms with Gasteiger partial charge >= 0.3 is 5.97 Å². The van der Waals surface area contributed by atoms with Crippen molar-refractivity contribution in [3.63, 3.8) is 0 Å². The van der Waals surface area contributed by atoms with Crippen molar-refractivity contribution in [2.45, 2.75) is 32.4 Å². The van der Waals surface area contributed by atoms with Crippen LogP contribution in [0.3, 0.4) is 0 Å². The van der Waals surface area contributed by atoms with Crippen LogP contribution in [0.5, 0.6) is 0 Å². The molecule has 4 nitrogen and oxygen atoms in total. The average molecular weight is 301 g/mol. The maximum absolute atomic E-state index is 13.5. The quantitative estimate of drug-likeness (QED) is 0.758. The first-order chi connectivity index (χ1) is 9.85. The number of esters is 1. The Hall–Kier alpha value is -1.53. The van der Waals surface area contributed by atoms with Gasteiger partial charge in [-0.1, -0.05) is 13.8 Å². The van der Waals surface area contributed by atoms with E-state index in [4.69, 9.17) is 0 Å². The van der Waals surface area contributed by atoms with Crippen molar-refractivity contribution in [1.82, 2.24) is 5.32 Å². The molecule has 0 saturated heterocycles. The van der Waals surface area contributed by atoms with E-state index in [-0.39, 0.29) is 18.0 Å². The van der Waals surface area contributed by atoms with Crippen LogP contribution in [-0.4, -0.2) is 30.8 Å². The molecule has 1 rings (SSSR count). The third-order valence-electron chi connectivity index (χ3n) is 3.07. The van der Waals surface area contributed by atoms with Crippen LogP contribution in [0.2, 0.25) is 0 Å². The Bertz CT molecular complexity index is 480. The summed E-state index contributed by atoms with van der Waals surface area (Å²) < 4.78 is 31.3. The molecule has 0 aromatic heterocycles. The van der Waals surface area contributed by atoms with Gasteiger partial charge in [0.05, 0.1) is 13.2 Å². The van der Waals surface area contributed by atoms with Gasteiger partial charge in [0.25, 0.3) is 0 Å². The number of carbonyl (C=O) groups is 1. The molecule has 21 heavy (non-hydrogen) atoms. The molecule has 0 heterocycles. The van der Waals surface area contributed by atoms with Gasteiger partial charge in [0.15, 0.2) is 0 Å². The standard InChI is InChI=1S/C15H21F2NO3/c1-9(2)6-13(15(20)21-3)18-8-14(19)11-7-10(16)4-5-12(11)17/h4-5,7,9,13-14,18-19H,6,8H2,1-3H3. The van der Waals surface area contributed by atoms with E-state index >= 15 is 0 Å². The lowest BCUT2D eigenvalue weighted by Gasteiger charge is -2.20. The zero-order chi connectivity index (χ0) is 16.0. The molecule has 2 atom stereocenters. The summed E-state index contributed by atoms with van der Waals surface area (Å²) in [4.78, 5) is 11.6. The van der Waals surface area contributed by atoms with E-state index in [2.05, 4.69) is 10.1 Å². The minimum absolute atomic E-state index is 0.0765. The molecule has 1 aromatic carbocycles. The first-order valence-electron chi connectivity index (χ1n) is 6.79. The summed E-state index contributed by atoms with van der Waals surface area (Å²) in [6.45, 7) is 3.81. The van der Waals surface area contributed by atoms with Crippen molar-refractivity contribution >= 4 is 5.97 Å². The summed E-state index contributed by atoms with van der Waals surface area (Å²) >= 11 is 0. The maximum Gasteiger partial charge on any atom is 0.322 e. The third kappa shape index (κ3) is 5.40. The molecule has 1 aromatic rings. The Morgan fingerprint density at radius 3 is 2.62 bits per heavy atom. The summed E-state index contributed by atoms with van der Waals surface area (Å²) in [7, 11) is 1.28. The fraction of sp³-hybridized carbons (Fsp3) is 0.533. The molecule has 0 saturated carbocycles. The van der Waals surface area contributed by atoms with Crippen LogP contribution in [0.1, 0.15) is 31.9 Å².